The second-order valence-electron chi connectivity index (χ2n) is 7.03. The van der Waals surface area contributed by atoms with Crippen molar-refractivity contribution in [1.29, 1.82) is 0 Å². The number of amides is 1. The van der Waals surface area contributed by atoms with E-state index in [1.807, 2.05) is 17.9 Å². The first-order chi connectivity index (χ1) is 12.1. The molecular formula is C19H22FN3O2. The van der Waals surface area contributed by atoms with Crippen LogP contribution in [0.1, 0.15) is 29.4 Å². The lowest BCUT2D eigenvalue weighted by molar-refractivity contribution is -0.134. The van der Waals surface area contributed by atoms with Crippen LogP contribution in [-0.2, 0) is 11.3 Å². The van der Waals surface area contributed by atoms with Crippen molar-refractivity contribution in [2.75, 3.05) is 26.2 Å². The molecule has 1 amide bonds. The number of benzene rings is 1. The summed E-state index contributed by atoms with van der Waals surface area (Å²) in [5, 5.41) is 4.03. The monoisotopic (exact) mass is 343 g/mol. The van der Waals surface area contributed by atoms with Gasteiger partial charge >= 0.3 is 0 Å². The predicted octanol–water partition coefficient (Wildman–Crippen LogP) is 2.57. The minimum Gasteiger partial charge on any atom is -0.361 e. The van der Waals surface area contributed by atoms with Gasteiger partial charge in [-0.25, -0.2) is 4.39 Å². The molecule has 2 heterocycles. The number of carbonyl (C=O) groups is 1. The lowest BCUT2D eigenvalue weighted by Gasteiger charge is -2.34. The van der Waals surface area contributed by atoms with Gasteiger partial charge < -0.3 is 9.42 Å². The maximum atomic E-state index is 13.0. The van der Waals surface area contributed by atoms with Gasteiger partial charge in [0.1, 0.15) is 11.6 Å². The largest absolute Gasteiger partial charge is 0.361 e. The number of nitrogens with zero attached hydrogens (tertiary/aromatic N) is 3. The lowest BCUT2D eigenvalue weighted by atomic mass is 10.1. The van der Waals surface area contributed by atoms with Crippen LogP contribution in [0.4, 0.5) is 4.39 Å². The van der Waals surface area contributed by atoms with Crippen molar-refractivity contribution in [2.24, 2.45) is 5.92 Å². The van der Waals surface area contributed by atoms with Crippen LogP contribution in [0.15, 0.2) is 34.9 Å². The Bertz CT molecular complexity index is 750. The molecule has 25 heavy (non-hydrogen) atoms. The van der Waals surface area contributed by atoms with E-state index in [2.05, 4.69) is 10.1 Å². The minimum absolute atomic E-state index is 0.0650. The van der Waals surface area contributed by atoms with Crippen LogP contribution in [0.2, 0.25) is 0 Å². The molecule has 6 heteroatoms. The summed E-state index contributed by atoms with van der Waals surface area (Å²) in [7, 11) is 0. The molecular weight excluding hydrogens is 321 g/mol. The third kappa shape index (κ3) is 3.58. The fourth-order valence-electron chi connectivity index (χ4n) is 3.63. The summed E-state index contributed by atoms with van der Waals surface area (Å²) in [6, 6.07) is 8.49. The topological polar surface area (TPSA) is 49.6 Å². The molecule has 132 valence electrons. The normalized spacial score (nSPS) is 23.7. The average molecular weight is 343 g/mol. The highest BCUT2D eigenvalue weighted by Crippen LogP contribution is 2.48. The number of carbonyl (C=O) groups excluding carboxylic acids is 1. The molecule has 2 aromatic rings. The van der Waals surface area contributed by atoms with Gasteiger partial charge in [0.25, 0.3) is 0 Å². The molecule has 1 aliphatic heterocycles. The van der Waals surface area contributed by atoms with Crippen LogP contribution >= 0.6 is 0 Å². The molecule has 2 unspecified atom stereocenters. The Kier molecular flexibility index (Phi) is 4.29. The zero-order chi connectivity index (χ0) is 17.4. The molecule has 0 spiro atoms. The molecule has 1 saturated carbocycles. The van der Waals surface area contributed by atoms with Gasteiger partial charge in [-0.15, -0.1) is 0 Å². The Morgan fingerprint density at radius 3 is 2.60 bits per heavy atom. The zero-order valence-electron chi connectivity index (χ0n) is 14.3. The van der Waals surface area contributed by atoms with Gasteiger partial charge in [0.15, 0.2) is 0 Å². The molecule has 1 aromatic carbocycles. The third-order valence-electron chi connectivity index (χ3n) is 5.15. The summed E-state index contributed by atoms with van der Waals surface area (Å²) < 4.78 is 18.1. The molecule has 1 aliphatic carbocycles. The second-order valence-corrected chi connectivity index (χ2v) is 7.03. The number of rotatable bonds is 4. The van der Waals surface area contributed by atoms with Crippen molar-refractivity contribution in [3.05, 3.63) is 53.2 Å². The first-order valence-corrected chi connectivity index (χ1v) is 8.79. The van der Waals surface area contributed by atoms with Crippen LogP contribution in [0.5, 0.6) is 0 Å². The van der Waals surface area contributed by atoms with E-state index in [0.29, 0.717) is 0 Å². The molecule has 2 fully saturated rings. The fraction of sp³-hybridized carbons (Fsp3) is 0.474. The Balaban J connectivity index is 1.28. The van der Waals surface area contributed by atoms with E-state index in [0.717, 1.165) is 56.2 Å². The van der Waals surface area contributed by atoms with Crippen molar-refractivity contribution in [2.45, 2.75) is 25.8 Å². The Labute approximate surface area is 146 Å². The molecule has 0 radical (unpaired) electrons. The van der Waals surface area contributed by atoms with Crippen molar-refractivity contribution in [1.82, 2.24) is 15.0 Å². The van der Waals surface area contributed by atoms with E-state index >= 15 is 0 Å². The molecule has 0 bridgehead atoms. The highest BCUT2D eigenvalue weighted by atomic mass is 19.1. The van der Waals surface area contributed by atoms with E-state index < -0.39 is 0 Å². The Morgan fingerprint density at radius 1 is 1.24 bits per heavy atom. The quantitative estimate of drug-likeness (QED) is 0.856. The van der Waals surface area contributed by atoms with Crippen LogP contribution < -0.4 is 0 Å². The number of halogens is 1. The molecule has 1 saturated heterocycles. The number of hydrogen-bond acceptors (Lipinski definition) is 4. The van der Waals surface area contributed by atoms with Gasteiger partial charge in [-0.3, -0.25) is 9.69 Å². The molecule has 1 aromatic heterocycles. The minimum atomic E-state index is -0.231. The Morgan fingerprint density at radius 2 is 1.96 bits per heavy atom. The lowest BCUT2D eigenvalue weighted by Crippen LogP contribution is -2.48. The SMILES string of the molecule is Cc1cc(CN2CCN(C(=O)C3CC3c3ccc(F)cc3)CC2)no1. The van der Waals surface area contributed by atoms with Crippen molar-refractivity contribution in [3.8, 4) is 0 Å². The highest BCUT2D eigenvalue weighted by molar-refractivity contribution is 5.83. The van der Waals surface area contributed by atoms with E-state index in [4.69, 9.17) is 4.52 Å². The summed E-state index contributed by atoms with van der Waals surface area (Å²) in [4.78, 5) is 17.0. The molecule has 5 nitrogen and oxygen atoms in total. The maximum absolute atomic E-state index is 13.0. The predicted molar refractivity (Wildman–Crippen MR) is 90.3 cm³/mol. The summed E-state index contributed by atoms with van der Waals surface area (Å²) in [5.74, 6) is 1.15. The summed E-state index contributed by atoms with van der Waals surface area (Å²) in [6.07, 6.45) is 0.878. The second kappa shape index (κ2) is 6.59. The summed E-state index contributed by atoms with van der Waals surface area (Å²) in [6.45, 7) is 5.86. The van der Waals surface area contributed by atoms with Crippen molar-refractivity contribution in [3.63, 3.8) is 0 Å². The van der Waals surface area contributed by atoms with Gasteiger partial charge in [-0.05, 0) is 37.0 Å². The van der Waals surface area contributed by atoms with Crippen LogP contribution in [0.25, 0.3) is 0 Å². The van der Waals surface area contributed by atoms with E-state index in [-0.39, 0.29) is 23.6 Å². The Hall–Kier alpha value is -2.21. The van der Waals surface area contributed by atoms with E-state index in [1.54, 1.807) is 12.1 Å². The van der Waals surface area contributed by atoms with Crippen LogP contribution in [0, 0.1) is 18.7 Å². The van der Waals surface area contributed by atoms with E-state index in [1.165, 1.54) is 12.1 Å². The first-order valence-electron chi connectivity index (χ1n) is 8.79. The van der Waals surface area contributed by atoms with Gasteiger partial charge in [0, 0.05) is 44.7 Å². The van der Waals surface area contributed by atoms with Crippen molar-refractivity contribution >= 4 is 5.91 Å². The van der Waals surface area contributed by atoms with Crippen LogP contribution in [0.3, 0.4) is 0 Å². The van der Waals surface area contributed by atoms with Gasteiger partial charge in [0.05, 0.1) is 5.69 Å². The molecule has 4 rings (SSSR count). The van der Waals surface area contributed by atoms with Gasteiger partial charge in [-0.2, -0.15) is 0 Å². The third-order valence-corrected chi connectivity index (χ3v) is 5.15. The molecule has 0 N–H and O–H groups in total. The average Bonchev–Trinajstić information content (AvgIpc) is 3.31. The van der Waals surface area contributed by atoms with Gasteiger partial charge in [-0.1, -0.05) is 17.3 Å². The summed E-state index contributed by atoms with van der Waals surface area (Å²) in [5.41, 5.74) is 2.01. The first kappa shape index (κ1) is 16.3. The molecule has 2 aliphatic rings. The fourth-order valence-corrected chi connectivity index (χ4v) is 3.63. The zero-order valence-corrected chi connectivity index (χ0v) is 14.3. The number of hydrogen-bond donors (Lipinski definition) is 0. The molecule has 2 atom stereocenters. The summed E-state index contributed by atoms with van der Waals surface area (Å²) >= 11 is 0. The maximum Gasteiger partial charge on any atom is 0.226 e. The smallest absolute Gasteiger partial charge is 0.226 e. The van der Waals surface area contributed by atoms with Crippen molar-refractivity contribution < 1.29 is 13.7 Å². The standard InChI is InChI=1S/C19H22FN3O2/c1-13-10-16(21-25-13)12-22-6-8-23(9-7-22)19(24)18-11-17(18)14-2-4-15(20)5-3-14/h2-5,10,17-18H,6-9,11-12H2,1H3. The number of aromatic nitrogens is 1. The highest BCUT2D eigenvalue weighted by Gasteiger charge is 2.46. The van der Waals surface area contributed by atoms with Gasteiger partial charge in [0.2, 0.25) is 5.91 Å². The number of aryl methyl sites for hydroxylation is 1. The number of piperazine rings is 1. The van der Waals surface area contributed by atoms with E-state index in [9.17, 15) is 9.18 Å². The van der Waals surface area contributed by atoms with Crippen LogP contribution in [-0.4, -0.2) is 47.0 Å².